The van der Waals surface area contributed by atoms with Crippen LogP contribution >= 0.6 is 22.9 Å². The fraction of sp³-hybridized carbons (Fsp3) is 0.556. The van der Waals surface area contributed by atoms with Gasteiger partial charge in [0.25, 0.3) is 0 Å². The molecule has 2 aromatic rings. The van der Waals surface area contributed by atoms with Crippen molar-refractivity contribution < 1.29 is 4.79 Å². The molecule has 0 N–H and O–H groups in total. The Hall–Kier alpha value is -1.13. The summed E-state index contributed by atoms with van der Waals surface area (Å²) in [5, 5.41) is 1.93. The number of fused-ring (bicyclic) bond motifs is 1. The number of amides is 1. The number of rotatable bonds is 4. The smallest absolute Gasteiger partial charge is 0.225 e. The van der Waals surface area contributed by atoms with E-state index in [2.05, 4.69) is 13.8 Å². The van der Waals surface area contributed by atoms with Crippen molar-refractivity contribution >= 4 is 39.1 Å². The van der Waals surface area contributed by atoms with E-state index in [0.717, 1.165) is 49.3 Å². The summed E-state index contributed by atoms with van der Waals surface area (Å²) in [6.07, 6.45) is 4.07. The summed E-state index contributed by atoms with van der Waals surface area (Å²) in [6, 6.07) is 5.90. The van der Waals surface area contributed by atoms with Crippen molar-refractivity contribution in [2.45, 2.75) is 45.4 Å². The summed E-state index contributed by atoms with van der Waals surface area (Å²) < 4.78 is 1.19. The van der Waals surface area contributed by atoms with Crippen LogP contribution in [-0.4, -0.2) is 28.9 Å². The number of benzene rings is 1. The SMILES string of the molecule is CCCC(C)C(=O)N1CCC(c2nc3cc(Cl)ccc3s2)CC1. The van der Waals surface area contributed by atoms with Crippen LogP contribution in [0.2, 0.25) is 5.02 Å². The van der Waals surface area contributed by atoms with Crippen LogP contribution < -0.4 is 0 Å². The first-order valence-electron chi connectivity index (χ1n) is 8.43. The van der Waals surface area contributed by atoms with Crippen LogP contribution in [0.4, 0.5) is 0 Å². The van der Waals surface area contributed by atoms with Crippen molar-refractivity contribution in [2.24, 2.45) is 5.92 Å². The van der Waals surface area contributed by atoms with Crippen LogP contribution in [0.3, 0.4) is 0 Å². The number of carbonyl (C=O) groups is 1. The topological polar surface area (TPSA) is 33.2 Å². The maximum atomic E-state index is 12.4. The molecule has 1 amide bonds. The van der Waals surface area contributed by atoms with Gasteiger partial charge in [-0.1, -0.05) is 31.9 Å². The zero-order valence-corrected chi connectivity index (χ0v) is 15.3. The van der Waals surface area contributed by atoms with E-state index >= 15 is 0 Å². The van der Waals surface area contributed by atoms with E-state index in [1.807, 2.05) is 23.1 Å². The minimum Gasteiger partial charge on any atom is -0.342 e. The molecule has 1 aromatic carbocycles. The number of hydrogen-bond acceptors (Lipinski definition) is 3. The number of carbonyl (C=O) groups excluding carboxylic acids is 1. The van der Waals surface area contributed by atoms with Crippen LogP contribution in [0.5, 0.6) is 0 Å². The van der Waals surface area contributed by atoms with Gasteiger partial charge in [-0.3, -0.25) is 4.79 Å². The lowest BCUT2D eigenvalue weighted by Gasteiger charge is -2.32. The first-order chi connectivity index (χ1) is 11.1. The molecular formula is C18H23ClN2OS. The second kappa shape index (κ2) is 7.18. The van der Waals surface area contributed by atoms with Crippen molar-refractivity contribution in [2.75, 3.05) is 13.1 Å². The third kappa shape index (κ3) is 3.69. The first kappa shape index (κ1) is 16.7. The Balaban J connectivity index is 1.65. The molecule has 1 aliphatic rings. The van der Waals surface area contributed by atoms with Crippen LogP contribution in [0.1, 0.15) is 50.5 Å². The Bertz CT molecular complexity index is 691. The monoisotopic (exact) mass is 350 g/mol. The van der Waals surface area contributed by atoms with Crippen molar-refractivity contribution in [1.82, 2.24) is 9.88 Å². The average molecular weight is 351 g/mol. The minimum absolute atomic E-state index is 0.154. The summed E-state index contributed by atoms with van der Waals surface area (Å²) >= 11 is 7.81. The summed E-state index contributed by atoms with van der Waals surface area (Å²) in [6.45, 7) is 5.90. The lowest BCUT2D eigenvalue weighted by molar-refractivity contribution is -0.136. The lowest BCUT2D eigenvalue weighted by atomic mass is 9.95. The zero-order valence-electron chi connectivity index (χ0n) is 13.7. The van der Waals surface area contributed by atoms with Gasteiger partial charge in [0.15, 0.2) is 0 Å². The Morgan fingerprint density at radius 3 is 2.87 bits per heavy atom. The van der Waals surface area contributed by atoms with Crippen molar-refractivity contribution in [3.05, 3.63) is 28.2 Å². The molecule has 1 aromatic heterocycles. The van der Waals surface area contributed by atoms with Crippen LogP contribution in [0.25, 0.3) is 10.2 Å². The molecule has 1 aliphatic heterocycles. The molecule has 1 atom stereocenters. The van der Waals surface area contributed by atoms with E-state index in [4.69, 9.17) is 16.6 Å². The van der Waals surface area contributed by atoms with E-state index in [1.165, 1.54) is 9.71 Å². The molecule has 124 valence electrons. The molecule has 3 rings (SSSR count). The number of likely N-dealkylation sites (tertiary alicyclic amines) is 1. The van der Waals surface area contributed by atoms with Gasteiger partial charge in [0.2, 0.25) is 5.91 Å². The Labute approximate surface area is 146 Å². The number of halogens is 1. The zero-order chi connectivity index (χ0) is 16.4. The maximum absolute atomic E-state index is 12.4. The van der Waals surface area contributed by atoms with Crippen molar-refractivity contribution in [3.63, 3.8) is 0 Å². The highest BCUT2D eigenvalue weighted by atomic mass is 35.5. The van der Waals surface area contributed by atoms with Gasteiger partial charge in [0, 0.05) is 29.9 Å². The molecule has 0 saturated carbocycles. The van der Waals surface area contributed by atoms with Gasteiger partial charge in [-0.15, -0.1) is 11.3 Å². The first-order valence-corrected chi connectivity index (χ1v) is 9.62. The molecule has 1 unspecified atom stereocenters. The number of aromatic nitrogens is 1. The second-order valence-corrected chi connectivity index (χ2v) is 7.95. The highest BCUT2D eigenvalue weighted by molar-refractivity contribution is 7.18. The average Bonchev–Trinajstić information content (AvgIpc) is 2.97. The lowest BCUT2D eigenvalue weighted by Crippen LogP contribution is -2.40. The highest BCUT2D eigenvalue weighted by Crippen LogP contribution is 2.35. The Morgan fingerprint density at radius 1 is 1.43 bits per heavy atom. The molecule has 1 fully saturated rings. The largest absolute Gasteiger partial charge is 0.342 e. The molecule has 23 heavy (non-hydrogen) atoms. The van der Waals surface area contributed by atoms with E-state index < -0.39 is 0 Å². The summed E-state index contributed by atoms with van der Waals surface area (Å²) in [5.41, 5.74) is 0.993. The Kier molecular flexibility index (Phi) is 5.22. The number of nitrogens with zero attached hydrogens (tertiary/aromatic N) is 2. The van der Waals surface area contributed by atoms with Crippen LogP contribution in [0.15, 0.2) is 18.2 Å². The van der Waals surface area contributed by atoms with E-state index in [0.29, 0.717) is 11.8 Å². The van der Waals surface area contributed by atoms with Gasteiger partial charge < -0.3 is 4.90 Å². The van der Waals surface area contributed by atoms with Crippen molar-refractivity contribution in [1.29, 1.82) is 0 Å². The van der Waals surface area contributed by atoms with Gasteiger partial charge in [0.05, 0.1) is 15.2 Å². The van der Waals surface area contributed by atoms with Gasteiger partial charge in [-0.2, -0.15) is 0 Å². The summed E-state index contributed by atoms with van der Waals surface area (Å²) in [4.78, 5) is 19.2. The minimum atomic E-state index is 0.154. The van der Waals surface area contributed by atoms with Gasteiger partial charge in [0.1, 0.15) is 0 Å². The van der Waals surface area contributed by atoms with E-state index in [-0.39, 0.29) is 5.92 Å². The fourth-order valence-electron chi connectivity index (χ4n) is 3.31. The predicted molar refractivity (Wildman–Crippen MR) is 97.3 cm³/mol. The fourth-order valence-corrected chi connectivity index (χ4v) is 4.59. The van der Waals surface area contributed by atoms with E-state index in [1.54, 1.807) is 11.3 Å². The molecule has 2 heterocycles. The summed E-state index contributed by atoms with van der Waals surface area (Å²) in [5.74, 6) is 0.944. The third-order valence-corrected chi connectivity index (χ3v) is 6.10. The highest BCUT2D eigenvalue weighted by Gasteiger charge is 2.27. The van der Waals surface area contributed by atoms with Crippen LogP contribution in [-0.2, 0) is 4.79 Å². The Morgan fingerprint density at radius 2 is 2.17 bits per heavy atom. The maximum Gasteiger partial charge on any atom is 0.225 e. The molecule has 0 spiro atoms. The second-order valence-electron chi connectivity index (χ2n) is 6.45. The van der Waals surface area contributed by atoms with Gasteiger partial charge in [-0.25, -0.2) is 4.98 Å². The molecule has 5 heteroatoms. The quantitative estimate of drug-likeness (QED) is 0.769. The van der Waals surface area contributed by atoms with Crippen LogP contribution in [0, 0.1) is 5.92 Å². The normalized spacial score (nSPS) is 17.6. The molecule has 0 bridgehead atoms. The molecule has 3 nitrogen and oxygen atoms in total. The van der Waals surface area contributed by atoms with Crippen molar-refractivity contribution in [3.8, 4) is 0 Å². The molecular weight excluding hydrogens is 328 g/mol. The predicted octanol–water partition coefficient (Wildman–Crippen LogP) is 5.09. The third-order valence-electron chi connectivity index (χ3n) is 4.67. The molecule has 1 saturated heterocycles. The van der Waals surface area contributed by atoms with E-state index in [9.17, 15) is 4.79 Å². The standard InChI is InChI=1S/C18H23ClN2OS/c1-3-4-12(2)18(22)21-9-7-13(8-10-21)17-20-15-11-14(19)5-6-16(15)23-17/h5-6,11-13H,3-4,7-10H2,1-2H3. The van der Waals surface area contributed by atoms with Gasteiger partial charge >= 0.3 is 0 Å². The number of piperidine rings is 1. The number of thiazole rings is 1. The molecule has 0 aliphatic carbocycles. The summed E-state index contributed by atoms with van der Waals surface area (Å²) in [7, 11) is 0. The number of hydrogen-bond donors (Lipinski definition) is 0. The van der Waals surface area contributed by atoms with Gasteiger partial charge in [-0.05, 0) is 37.5 Å². The molecule has 0 radical (unpaired) electrons.